The van der Waals surface area contributed by atoms with Gasteiger partial charge in [0, 0.05) is 6.42 Å². The van der Waals surface area contributed by atoms with Crippen LogP contribution in [0.1, 0.15) is 34.1 Å². The molecule has 0 N–H and O–H groups in total. The van der Waals surface area contributed by atoms with Crippen LogP contribution in [0.4, 0.5) is 0 Å². The minimum atomic E-state index is -0.672. The molecule has 0 aromatic heterocycles. The highest BCUT2D eigenvalue weighted by Gasteiger charge is 2.49. The topological polar surface area (TPSA) is 54.0 Å². The van der Waals surface area contributed by atoms with Crippen molar-refractivity contribution in [1.29, 1.82) is 0 Å². The number of hydrogen-bond acceptors (Lipinski definition) is 5. The van der Waals surface area contributed by atoms with Gasteiger partial charge in [0.15, 0.2) is 11.6 Å². The number of carbonyl (C=O) groups is 1. The summed E-state index contributed by atoms with van der Waals surface area (Å²) in [6.45, 7) is 7.87. The van der Waals surface area contributed by atoms with E-state index < -0.39 is 11.6 Å². The van der Waals surface area contributed by atoms with Gasteiger partial charge in [-0.2, -0.15) is 0 Å². The maximum atomic E-state index is 10.7. The Balaban J connectivity index is 2.06. The second kappa shape index (κ2) is 4.31. The molecule has 0 unspecified atom stereocenters. The Morgan fingerprint density at radius 1 is 1.12 bits per heavy atom. The molecule has 2 heterocycles. The lowest BCUT2D eigenvalue weighted by molar-refractivity contribution is -0.174. The standard InChI is InChI=1S/C12H20O5/c1-11(2)14-7-9(16-11)10-8(5-6-13)15-12(3,4)17-10/h6,8-10H,5,7H2,1-4H3/t8-,9+,10+/m0/s1. The summed E-state index contributed by atoms with van der Waals surface area (Å²) in [7, 11) is 0. The van der Waals surface area contributed by atoms with Crippen LogP contribution in [0.5, 0.6) is 0 Å². The predicted molar refractivity (Wildman–Crippen MR) is 59.4 cm³/mol. The second-order valence-electron chi connectivity index (χ2n) is 5.41. The van der Waals surface area contributed by atoms with Gasteiger partial charge in [0.05, 0.1) is 12.7 Å². The molecule has 0 bridgehead atoms. The SMILES string of the molecule is CC1(C)O[C@@H]([C@H]2COC(C)(C)O2)[C@H](CC=O)O1. The Morgan fingerprint density at radius 2 is 1.82 bits per heavy atom. The second-order valence-corrected chi connectivity index (χ2v) is 5.41. The molecule has 98 valence electrons. The van der Waals surface area contributed by atoms with Crippen LogP contribution in [0, 0.1) is 0 Å². The molecular weight excluding hydrogens is 224 g/mol. The van der Waals surface area contributed by atoms with Crippen LogP contribution >= 0.6 is 0 Å². The highest BCUT2D eigenvalue weighted by molar-refractivity contribution is 5.50. The third kappa shape index (κ3) is 2.85. The highest BCUT2D eigenvalue weighted by Crippen LogP contribution is 2.36. The maximum Gasteiger partial charge on any atom is 0.163 e. The number of aldehydes is 1. The third-order valence-corrected chi connectivity index (χ3v) is 2.95. The van der Waals surface area contributed by atoms with Crippen LogP contribution in [-0.4, -0.2) is 42.8 Å². The van der Waals surface area contributed by atoms with Gasteiger partial charge >= 0.3 is 0 Å². The van der Waals surface area contributed by atoms with Crippen LogP contribution in [0.2, 0.25) is 0 Å². The maximum absolute atomic E-state index is 10.7. The summed E-state index contributed by atoms with van der Waals surface area (Å²) in [4.78, 5) is 10.7. The van der Waals surface area contributed by atoms with Gasteiger partial charge in [0.2, 0.25) is 0 Å². The van der Waals surface area contributed by atoms with Crippen LogP contribution < -0.4 is 0 Å². The largest absolute Gasteiger partial charge is 0.348 e. The zero-order chi connectivity index (χ0) is 12.7. The minimum absolute atomic E-state index is 0.184. The molecule has 2 rings (SSSR count). The smallest absolute Gasteiger partial charge is 0.163 e. The Kier molecular flexibility index (Phi) is 3.29. The molecule has 5 nitrogen and oxygen atoms in total. The van der Waals surface area contributed by atoms with E-state index in [0.29, 0.717) is 13.0 Å². The van der Waals surface area contributed by atoms with Crippen molar-refractivity contribution < 1.29 is 23.7 Å². The molecular formula is C12H20O5. The Morgan fingerprint density at radius 3 is 2.35 bits per heavy atom. The van der Waals surface area contributed by atoms with E-state index in [1.807, 2.05) is 27.7 Å². The summed E-state index contributed by atoms with van der Waals surface area (Å²) in [5.41, 5.74) is 0. The molecule has 2 saturated heterocycles. The Bertz CT molecular complexity index is 299. The number of ether oxygens (including phenoxy) is 4. The Hall–Kier alpha value is -0.490. The molecule has 0 saturated carbocycles. The van der Waals surface area contributed by atoms with E-state index in [4.69, 9.17) is 18.9 Å². The van der Waals surface area contributed by atoms with Gasteiger partial charge in [-0.05, 0) is 27.7 Å². The van der Waals surface area contributed by atoms with E-state index in [2.05, 4.69) is 0 Å². The number of hydrogen-bond donors (Lipinski definition) is 0. The molecule has 0 amide bonds. The van der Waals surface area contributed by atoms with Crippen molar-refractivity contribution in [1.82, 2.24) is 0 Å². The summed E-state index contributed by atoms with van der Waals surface area (Å²) >= 11 is 0. The molecule has 2 fully saturated rings. The number of carbonyl (C=O) groups excluding carboxylic acids is 1. The molecule has 0 radical (unpaired) electrons. The first kappa shape index (κ1) is 13.0. The van der Waals surface area contributed by atoms with Crippen LogP contribution in [0.25, 0.3) is 0 Å². The lowest BCUT2D eigenvalue weighted by atomic mass is 10.1. The van der Waals surface area contributed by atoms with E-state index in [1.54, 1.807) is 0 Å². The van der Waals surface area contributed by atoms with Crippen LogP contribution in [-0.2, 0) is 23.7 Å². The Labute approximate surface area is 101 Å². The molecule has 0 aromatic carbocycles. The zero-order valence-electron chi connectivity index (χ0n) is 10.8. The monoisotopic (exact) mass is 244 g/mol. The van der Waals surface area contributed by atoms with E-state index in [9.17, 15) is 4.79 Å². The molecule has 2 aliphatic rings. The van der Waals surface area contributed by atoms with Gasteiger partial charge < -0.3 is 23.7 Å². The lowest BCUT2D eigenvalue weighted by Gasteiger charge is -2.23. The summed E-state index contributed by atoms with van der Waals surface area (Å²) in [6.07, 6.45) is 0.469. The lowest BCUT2D eigenvalue weighted by Crippen LogP contribution is -2.38. The molecule has 0 spiro atoms. The molecule has 17 heavy (non-hydrogen) atoms. The molecule has 2 aliphatic heterocycles. The summed E-state index contributed by atoms with van der Waals surface area (Å²) in [6, 6.07) is 0. The van der Waals surface area contributed by atoms with Crippen molar-refractivity contribution in [2.45, 2.75) is 64.0 Å². The quantitative estimate of drug-likeness (QED) is 0.699. The van der Waals surface area contributed by atoms with Crippen LogP contribution in [0.3, 0.4) is 0 Å². The van der Waals surface area contributed by atoms with Crippen LogP contribution in [0.15, 0.2) is 0 Å². The van der Waals surface area contributed by atoms with Crippen molar-refractivity contribution in [3.63, 3.8) is 0 Å². The van der Waals surface area contributed by atoms with E-state index in [-0.39, 0.29) is 18.3 Å². The fourth-order valence-electron chi connectivity index (χ4n) is 2.33. The summed E-state index contributed by atoms with van der Waals surface area (Å²) < 4.78 is 22.8. The van der Waals surface area contributed by atoms with Crippen molar-refractivity contribution in [3.05, 3.63) is 0 Å². The fourth-order valence-corrected chi connectivity index (χ4v) is 2.33. The number of rotatable bonds is 3. The first-order chi connectivity index (χ1) is 7.83. The van der Waals surface area contributed by atoms with Crippen molar-refractivity contribution in [2.75, 3.05) is 6.61 Å². The molecule has 5 heteroatoms. The summed E-state index contributed by atoms with van der Waals surface area (Å²) in [5.74, 6) is -1.26. The van der Waals surface area contributed by atoms with E-state index in [0.717, 1.165) is 6.29 Å². The summed E-state index contributed by atoms with van der Waals surface area (Å²) in [5, 5.41) is 0. The fraction of sp³-hybridized carbons (Fsp3) is 0.917. The van der Waals surface area contributed by atoms with Gasteiger partial charge in [-0.3, -0.25) is 0 Å². The average Bonchev–Trinajstić information content (AvgIpc) is 2.67. The normalized spacial score (nSPS) is 39.4. The third-order valence-electron chi connectivity index (χ3n) is 2.95. The van der Waals surface area contributed by atoms with Crippen molar-refractivity contribution >= 4 is 6.29 Å². The van der Waals surface area contributed by atoms with Gasteiger partial charge in [0.1, 0.15) is 18.5 Å². The predicted octanol–water partition coefficient (Wildman–Crippen LogP) is 1.25. The highest BCUT2D eigenvalue weighted by atomic mass is 16.8. The van der Waals surface area contributed by atoms with Gasteiger partial charge in [-0.15, -0.1) is 0 Å². The first-order valence-corrected chi connectivity index (χ1v) is 5.94. The van der Waals surface area contributed by atoms with E-state index in [1.165, 1.54) is 0 Å². The zero-order valence-corrected chi connectivity index (χ0v) is 10.8. The minimum Gasteiger partial charge on any atom is -0.348 e. The molecule has 0 aromatic rings. The van der Waals surface area contributed by atoms with E-state index >= 15 is 0 Å². The van der Waals surface area contributed by atoms with Gasteiger partial charge in [-0.25, -0.2) is 0 Å². The first-order valence-electron chi connectivity index (χ1n) is 5.94. The average molecular weight is 244 g/mol. The van der Waals surface area contributed by atoms with Crippen molar-refractivity contribution in [2.24, 2.45) is 0 Å². The molecule has 0 aliphatic carbocycles. The van der Waals surface area contributed by atoms with Gasteiger partial charge in [-0.1, -0.05) is 0 Å². The van der Waals surface area contributed by atoms with Gasteiger partial charge in [0.25, 0.3) is 0 Å². The molecule has 3 atom stereocenters. The van der Waals surface area contributed by atoms with Crippen molar-refractivity contribution in [3.8, 4) is 0 Å².